The fourth-order valence-corrected chi connectivity index (χ4v) is 2.29. The second-order valence-electron chi connectivity index (χ2n) is 5.53. The van der Waals surface area contributed by atoms with Gasteiger partial charge < -0.3 is 9.47 Å². The number of nitriles is 1. The molecule has 0 aliphatic rings. The van der Waals surface area contributed by atoms with Gasteiger partial charge in [0.05, 0.1) is 30.5 Å². The number of nitrogens with zero attached hydrogens (tertiary/aromatic N) is 3. The lowest BCUT2D eigenvalue weighted by Crippen LogP contribution is -2.08. The molecule has 0 unspecified atom stereocenters. The van der Waals surface area contributed by atoms with Gasteiger partial charge in [-0.1, -0.05) is 5.22 Å². The molecule has 2 aromatic rings. The molecule has 0 aliphatic heterocycles. The summed E-state index contributed by atoms with van der Waals surface area (Å²) in [6.45, 7) is 0.302. The number of anilines is 1. The van der Waals surface area contributed by atoms with E-state index in [0.29, 0.717) is 42.5 Å². The van der Waals surface area contributed by atoms with Gasteiger partial charge in [-0.25, -0.2) is 4.39 Å². The van der Waals surface area contributed by atoms with Crippen LogP contribution < -0.4 is 14.9 Å². The monoisotopic (exact) mass is 430 g/mol. The van der Waals surface area contributed by atoms with Crippen LogP contribution in [0.4, 0.5) is 28.9 Å². The van der Waals surface area contributed by atoms with Gasteiger partial charge in [-0.2, -0.15) is 18.4 Å². The van der Waals surface area contributed by atoms with Crippen molar-refractivity contribution < 1.29 is 27.0 Å². The molecule has 0 aliphatic carbocycles. The average molecular weight is 431 g/mol. The lowest BCUT2D eigenvalue weighted by Gasteiger charge is -2.11. The fraction of sp³-hybridized carbons (Fsp3) is 0.278. The second kappa shape index (κ2) is 9.93. The summed E-state index contributed by atoms with van der Waals surface area (Å²) < 4.78 is 62.3. The molecule has 0 amide bonds. The summed E-state index contributed by atoms with van der Waals surface area (Å²) >= 11 is 5.61. The minimum Gasteiger partial charge on any atom is -0.493 e. The van der Waals surface area contributed by atoms with Crippen molar-refractivity contribution in [1.82, 2.24) is 0 Å². The summed E-state index contributed by atoms with van der Waals surface area (Å²) in [6.07, 6.45) is -4.27. The van der Waals surface area contributed by atoms with Crippen molar-refractivity contribution in [2.75, 3.05) is 25.0 Å². The van der Waals surface area contributed by atoms with Crippen LogP contribution in [0.1, 0.15) is 17.5 Å². The maximum atomic E-state index is 13.3. The summed E-state index contributed by atoms with van der Waals surface area (Å²) in [6, 6.07) is 7.01. The lowest BCUT2D eigenvalue weighted by atomic mass is 10.1. The van der Waals surface area contributed by atoms with Gasteiger partial charge in [0.25, 0.3) is 0 Å². The molecule has 0 saturated heterocycles. The van der Waals surface area contributed by atoms with Crippen molar-refractivity contribution in [3.05, 3.63) is 47.3 Å². The van der Waals surface area contributed by atoms with E-state index in [9.17, 15) is 22.8 Å². The Kier molecular flexibility index (Phi) is 7.61. The highest BCUT2D eigenvalue weighted by Gasteiger charge is 2.34. The number of hydrogen-bond donors (Lipinski definition) is 1. The van der Waals surface area contributed by atoms with Gasteiger partial charge >= 0.3 is 6.18 Å². The molecule has 154 valence electrons. The summed E-state index contributed by atoms with van der Waals surface area (Å²) in [7, 11) is 1.40. The van der Waals surface area contributed by atoms with Crippen LogP contribution in [0.5, 0.6) is 11.5 Å². The van der Waals surface area contributed by atoms with Crippen LogP contribution in [0.3, 0.4) is 0 Å². The van der Waals surface area contributed by atoms with Gasteiger partial charge in [-0.15, -0.1) is 16.7 Å². The number of alkyl halides is 4. The smallest absolute Gasteiger partial charge is 0.419 e. The van der Waals surface area contributed by atoms with Gasteiger partial charge in [-0.05, 0) is 24.6 Å². The molecule has 0 fully saturated rings. The molecule has 0 atom stereocenters. The van der Waals surface area contributed by atoms with Crippen molar-refractivity contribution in [2.45, 2.75) is 12.6 Å². The number of benzene rings is 2. The minimum absolute atomic E-state index is 0.0971. The maximum Gasteiger partial charge on any atom is 0.419 e. The molecule has 0 saturated carbocycles. The molecule has 0 heterocycles. The van der Waals surface area contributed by atoms with E-state index in [2.05, 4.69) is 15.8 Å². The summed E-state index contributed by atoms with van der Waals surface area (Å²) in [5.41, 5.74) is 0.911. The van der Waals surface area contributed by atoms with Crippen LogP contribution in [0.2, 0.25) is 0 Å². The van der Waals surface area contributed by atoms with Crippen molar-refractivity contribution >= 4 is 23.0 Å². The first-order valence-electron chi connectivity index (χ1n) is 8.14. The topological polar surface area (TPSA) is 79.0 Å². The predicted molar refractivity (Wildman–Crippen MR) is 98.1 cm³/mol. The van der Waals surface area contributed by atoms with E-state index < -0.39 is 17.6 Å². The third kappa shape index (κ3) is 5.96. The van der Waals surface area contributed by atoms with E-state index in [1.807, 2.05) is 6.07 Å². The summed E-state index contributed by atoms with van der Waals surface area (Å²) in [4.78, 5) is 0. The molecule has 0 bridgehead atoms. The molecule has 1 N–H and O–H groups in total. The summed E-state index contributed by atoms with van der Waals surface area (Å²) in [5, 5.41) is 16.7. The largest absolute Gasteiger partial charge is 0.493 e. The first-order valence-corrected chi connectivity index (χ1v) is 8.68. The van der Waals surface area contributed by atoms with Crippen molar-refractivity contribution in [3.8, 4) is 17.6 Å². The molecule has 2 aromatic carbocycles. The highest BCUT2D eigenvalue weighted by molar-refractivity contribution is 6.17. The maximum absolute atomic E-state index is 13.3. The Bertz CT molecular complexity index is 929. The van der Waals surface area contributed by atoms with Crippen molar-refractivity contribution in [2.24, 2.45) is 10.3 Å². The Morgan fingerprint density at radius 2 is 1.97 bits per heavy atom. The van der Waals surface area contributed by atoms with Crippen LogP contribution in [-0.2, 0) is 6.18 Å². The third-order valence-corrected chi connectivity index (χ3v) is 3.81. The molecule has 0 aromatic heterocycles. The Morgan fingerprint density at radius 3 is 2.59 bits per heavy atom. The second-order valence-corrected chi connectivity index (χ2v) is 5.91. The van der Waals surface area contributed by atoms with Gasteiger partial charge in [0, 0.05) is 18.0 Å². The Balaban J connectivity index is 2.25. The number of rotatable bonds is 8. The molecular weight excluding hydrogens is 416 g/mol. The van der Waals surface area contributed by atoms with Crippen molar-refractivity contribution in [1.29, 1.82) is 5.26 Å². The molecule has 2 rings (SSSR count). The molecule has 0 radical (unpaired) electrons. The van der Waals surface area contributed by atoms with E-state index in [1.54, 1.807) is 0 Å². The number of hydrogen-bond acceptors (Lipinski definition) is 5. The zero-order valence-corrected chi connectivity index (χ0v) is 15.8. The predicted octanol–water partition coefficient (Wildman–Crippen LogP) is 5.84. The Morgan fingerprint density at radius 1 is 1.21 bits per heavy atom. The quantitative estimate of drug-likeness (QED) is 0.187. The molecular formula is C18H15ClF4N4O2. The third-order valence-electron chi connectivity index (χ3n) is 3.55. The van der Waals surface area contributed by atoms with E-state index in [1.165, 1.54) is 19.2 Å². The summed E-state index contributed by atoms with van der Waals surface area (Å²) in [5.74, 6) is -0.407. The normalized spacial score (nSPS) is 11.3. The van der Waals surface area contributed by atoms with Crippen LogP contribution in [-0.4, -0.2) is 19.6 Å². The van der Waals surface area contributed by atoms with Crippen LogP contribution >= 0.6 is 11.6 Å². The number of ether oxygens (including phenoxy) is 2. The molecule has 0 spiro atoms. The van der Waals surface area contributed by atoms with E-state index in [4.69, 9.17) is 21.1 Å². The highest BCUT2D eigenvalue weighted by Crippen LogP contribution is 2.35. The number of methoxy groups -OCH3 is 1. The van der Waals surface area contributed by atoms with Gasteiger partial charge in [-0.3, -0.25) is 5.43 Å². The number of halogens is 5. The standard InChI is InChI=1S/C18H15ClF4N4O2/c1-28-16-7-11(10-24)15(9-17(16)29-6-2-5-19)26-27-25-12-3-4-14(20)13(8-12)18(21,22)23/h3-4,7-9H,2,5-6H2,1H3,(H,25,26). The Labute approximate surface area is 168 Å². The molecule has 6 nitrogen and oxygen atoms in total. The van der Waals surface area contributed by atoms with Gasteiger partial charge in [0.2, 0.25) is 0 Å². The molecule has 29 heavy (non-hydrogen) atoms. The zero-order chi connectivity index (χ0) is 21.4. The fourth-order valence-electron chi connectivity index (χ4n) is 2.18. The van der Waals surface area contributed by atoms with E-state index >= 15 is 0 Å². The van der Waals surface area contributed by atoms with E-state index in [-0.39, 0.29) is 16.9 Å². The van der Waals surface area contributed by atoms with E-state index in [0.717, 1.165) is 6.07 Å². The van der Waals surface area contributed by atoms with Crippen LogP contribution in [0.15, 0.2) is 40.7 Å². The van der Waals surface area contributed by atoms with Gasteiger partial charge in [0.15, 0.2) is 11.5 Å². The van der Waals surface area contributed by atoms with Crippen LogP contribution in [0, 0.1) is 17.1 Å². The number of nitrogens with one attached hydrogen (secondary N) is 1. The van der Waals surface area contributed by atoms with Gasteiger partial charge in [0.1, 0.15) is 17.6 Å². The van der Waals surface area contributed by atoms with Crippen molar-refractivity contribution in [3.63, 3.8) is 0 Å². The lowest BCUT2D eigenvalue weighted by molar-refractivity contribution is -0.139. The minimum atomic E-state index is -4.85. The zero-order valence-electron chi connectivity index (χ0n) is 15.1. The molecule has 11 heteroatoms. The highest BCUT2D eigenvalue weighted by atomic mass is 35.5. The Hall–Kier alpha value is -3.06. The first kappa shape index (κ1) is 22.2. The van der Waals surface area contributed by atoms with Crippen LogP contribution in [0.25, 0.3) is 0 Å². The average Bonchev–Trinajstić information content (AvgIpc) is 2.68. The SMILES string of the molecule is COc1cc(C#N)c(N=NNc2ccc(F)c(C(F)(F)F)c2)cc1OCCCCl. The first-order chi connectivity index (χ1) is 13.8.